The van der Waals surface area contributed by atoms with Gasteiger partial charge in [0, 0.05) is 6.54 Å². The number of benzene rings is 1. The monoisotopic (exact) mass is 257 g/mol. The Morgan fingerprint density at radius 1 is 1.28 bits per heavy atom. The summed E-state index contributed by atoms with van der Waals surface area (Å²) in [5, 5.41) is 3.29. The molecular weight excluding hydrogens is 239 g/mol. The first-order valence-corrected chi connectivity index (χ1v) is 6.32. The van der Waals surface area contributed by atoms with Crippen molar-refractivity contribution in [2.75, 3.05) is 13.1 Å². The van der Waals surface area contributed by atoms with E-state index in [9.17, 15) is 13.2 Å². The second kappa shape index (κ2) is 4.92. The van der Waals surface area contributed by atoms with Crippen LogP contribution in [-0.2, 0) is 12.6 Å². The molecule has 0 bridgehead atoms. The van der Waals surface area contributed by atoms with Crippen LogP contribution in [0.25, 0.3) is 0 Å². The SMILES string of the molecule is CCNCC1(Cc2cccc(C(F)(F)F)c2)CC1. The van der Waals surface area contributed by atoms with E-state index in [1.165, 1.54) is 12.1 Å². The minimum absolute atomic E-state index is 0.195. The lowest BCUT2D eigenvalue weighted by Crippen LogP contribution is -2.25. The molecule has 0 heterocycles. The highest BCUT2D eigenvalue weighted by Crippen LogP contribution is 2.48. The fraction of sp³-hybridized carbons (Fsp3) is 0.571. The minimum atomic E-state index is -4.24. The Morgan fingerprint density at radius 2 is 2.00 bits per heavy atom. The summed E-state index contributed by atoms with van der Waals surface area (Å²) in [5.41, 5.74) is 0.444. The molecule has 0 aromatic heterocycles. The molecule has 100 valence electrons. The van der Waals surface area contributed by atoms with Crippen LogP contribution in [0.3, 0.4) is 0 Å². The lowest BCUT2D eigenvalue weighted by molar-refractivity contribution is -0.137. The summed E-state index contributed by atoms with van der Waals surface area (Å²) >= 11 is 0. The summed E-state index contributed by atoms with van der Waals surface area (Å²) in [6, 6.07) is 5.71. The first kappa shape index (κ1) is 13.4. The second-order valence-electron chi connectivity index (χ2n) is 5.16. The third kappa shape index (κ3) is 3.25. The topological polar surface area (TPSA) is 12.0 Å². The van der Waals surface area contributed by atoms with Crippen molar-refractivity contribution in [3.05, 3.63) is 35.4 Å². The van der Waals surface area contributed by atoms with Crippen LogP contribution in [0.15, 0.2) is 24.3 Å². The van der Waals surface area contributed by atoms with Crippen LogP contribution in [0, 0.1) is 5.41 Å². The van der Waals surface area contributed by atoms with Crippen LogP contribution in [-0.4, -0.2) is 13.1 Å². The number of hydrogen-bond acceptors (Lipinski definition) is 1. The van der Waals surface area contributed by atoms with Gasteiger partial charge in [-0.1, -0.05) is 25.1 Å². The van der Waals surface area contributed by atoms with Crippen LogP contribution in [0.4, 0.5) is 13.2 Å². The van der Waals surface area contributed by atoms with Gasteiger partial charge in [0.2, 0.25) is 0 Å². The highest BCUT2D eigenvalue weighted by Gasteiger charge is 2.42. The summed E-state index contributed by atoms with van der Waals surface area (Å²) in [6.07, 6.45) is -1.29. The van der Waals surface area contributed by atoms with Crippen LogP contribution < -0.4 is 5.32 Å². The molecule has 0 radical (unpaired) electrons. The number of halogens is 3. The molecular formula is C14H18F3N. The van der Waals surface area contributed by atoms with Gasteiger partial charge < -0.3 is 5.32 Å². The molecule has 0 unspecified atom stereocenters. The van der Waals surface area contributed by atoms with Gasteiger partial charge in [-0.15, -0.1) is 0 Å². The van der Waals surface area contributed by atoms with E-state index in [1.807, 2.05) is 6.92 Å². The van der Waals surface area contributed by atoms with Crippen molar-refractivity contribution in [2.45, 2.75) is 32.4 Å². The molecule has 1 N–H and O–H groups in total. The molecule has 0 saturated heterocycles. The van der Waals surface area contributed by atoms with Crippen molar-refractivity contribution >= 4 is 0 Å². The molecule has 18 heavy (non-hydrogen) atoms. The Balaban J connectivity index is 2.06. The molecule has 1 aliphatic rings. The molecule has 0 spiro atoms. The lowest BCUT2D eigenvalue weighted by Gasteiger charge is -2.16. The van der Waals surface area contributed by atoms with Gasteiger partial charge in [0.15, 0.2) is 0 Å². The summed E-state index contributed by atoms with van der Waals surface area (Å²) in [6.45, 7) is 3.85. The second-order valence-corrected chi connectivity index (χ2v) is 5.16. The fourth-order valence-corrected chi connectivity index (χ4v) is 2.27. The van der Waals surface area contributed by atoms with E-state index in [0.717, 1.165) is 44.0 Å². The molecule has 0 atom stereocenters. The number of rotatable bonds is 5. The summed E-state index contributed by atoms with van der Waals surface area (Å²) in [7, 11) is 0. The average molecular weight is 257 g/mol. The van der Waals surface area contributed by atoms with Crippen molar-refractivity contribution in [2.24, 2.45) is 5.41 Å². The molecule has 1 aromatic carbocycles. The van der Waals surface area contributed by atoms with E-state index in [1.54, 1.807) is 6.07 Å². The van der Waals surface area contributed by atoms with Gasteiger partial charge in [-0.25, -0.2) is 0 Å². The van der Waals surface area contributed by atoms with Gasteiger partial charge in [-0.3, -0.25) is 0 Å². The van der Waals surface area contributed by atoms with Gasteiger partial charge in [0.05, 0.1) is 5.56 Å². The Labute approximate surface area is 105 Å². The van der Waals surface area contributed by atoms with E-state index in [4.69, 9.17) is 0 Å². The van der Waals surface area contributed by atoms with Crippen molar-refractivity contribution in [3.8, 4) is 0 Å². The van der Waals surface area contributed by atoms with E-state index >= 15 is 0 Å². The molecule has 1 saturated carbocycles. The standard InChI is InChI=1S/C14H18F3N/c1-2-18-10-13(6-7-13)9-11-4-3-5-12(8-11)14(15,16)17/h3-5,8,18H,2,6-7,9-10H2,1H3. The number of alkyl halides is 3. The molecule has 1 nitrogen and oxygen atoms in total. The fourth-order valence-electron chi connectivity index (χ4n) is 2.27. The first-order chi connectivity index (χ1) is 8.45. The zero-order valence-corrected chi connectivity index (χ0v) is 10.5. The van der Waals surface area contributed by atoms with E-state index in [0.29, 0.717) is 0 Å². The van der Waals surface area contributed by atoms with Gasteiger partial charge in [0.25, 0.3) is 0 Å². The number of nitrogens with one attached hydrogen (secondary N) is 1. The summed E-state index contributed by atoms with van der Waals surface area (Å²) < 4.78 is 37.8. The Morgan fingerprint density at radius 3 is 2.56 bits per heavy atom. The predicted octanol–water partition coefficient (Wildman–Crippen LogP) is 3.64. The predicted molar refractivity (Wildman–Crippen MR) is 65.4 cm³/mol. The minimum Gasteiger partial charge on any atom is -0.316 e. The van der Waals surface area contributed by atoms with Crippen molar-refractivity contribution < 1.29 is 13.2 Å². The van der Waals surface area contributed by atoms with E-state index in [2.05, 4.69) is 5.32 Å². The van der Waals surface area contributed by atoms with Gasteiger partial charge >= 0.3 is 6.18 Å². The van der Waals surface area contributed by atoms with Crippen molar-refractivity contribution in [1.82, 2.24) is 5.32 Å². The lowest BCUT2D eigenvalue weighted by atomic mass is 9.95. The van der Waals surface area contributed by atoms with Crippen LogP contribution in [0.5, 0.6) is 0 Å². The zero-order valence-electron chi connectivity index (χ0n) is 10.5. The van der Waals surface area contributed by atoms with E-state index in [-0.39, 0.29) is 5.41 Å². The molecule has 0 amide bonds. The van der Waals surface area contributed by atoms with Crippen LogP contribution in [0.1, 0.15) is 30.9 Å². The average Bonchev–Trinajstić information content (AvgIpc) is 3.06. The van der Waals surface area contributed by atoms with Crippen LogP contribution >= 0.6 is 0 Å². The molecule has 1 fully saturated rings. The maximum atomic E-state index is 12.6. The van der Waals surface area contributed by atoms with Gasteiger partial charge in [-0.05, 0) is 42.9 Å². The Kier molecular flexibility index (Phi) is 3.66. The van der Waals surface area contributed by atoms with Crippen molar-refractivity contribution in [3.63, 3.8) is 0 Å². The molecule has 1 aromatic rings. The quantitative estimate of drug-likeness (QED) is 0.849. The Hall–Kier alpha value is -1.03. The molecule has 1 aliphatic carbocycles. The molecule has 0 aliphatic heterocycles. The van der Waals surface area contributed by atoms with E-state index < -0.39 is 11.7 Å². The molecule has 4 heteroatoms. The maximum Gasteiger partial charge on any atom is 0.416 e. The third-order valence-corrected chi connectivity index (χ3v) is 3.54. The maximum absolute atomic E-state index is 12.6. The highest BCUT2D eigenvalue weighted by molar-refractivity contribution is 5.27. The smallest absolute Gasteiger partial charge is 0.316 e. The highest BCUT2D eigenvalue weighted by atomic mass is 19.4. The Bertz CT molecular complexity index is 408. The van der Waals surface area contributed by atoms with Gasteiger partial charge in [-0.2, -0.15) is 13.2 Å². The summed E-state index contributed by atoms with van der Waals surface area (Å²) in [5.74, 6) is 0. The first-order valence-electron chi connectivity index (χ1n) is 6.32. The normalized spacial score (nSPS) is 17.8. The zero-order chi connectivity index (χ0) is 13.2. The third-order valence-electron chi connectivity index (χ3n) is 3.54. The van der Waals surface area contributed by atoms with Crippen LogP contribution in [0.2, 0.25) is 0 Å². The summed E-state index contributed by atoms with van der Waals surface area (Å²) in [4.78, 5) is 0. The largest absolute Gasteiger partial charge is 0.416 e. The van der Waals surface area contributed by atoms with Gasteiger partial charge in [0.1, 0.15) is 0 Å². The molecule has 2 rings (SSSR count). The number of hydrogen-bond donors (Lipinski definition) is 1. The van der Waals surface area contributed by atoms with Crippen molar-refractivity contribution in [1.29, 1.82) is 0 Å².